The van der Waals surface area contributed by atoms with Crippen molar-refractivity contribution in [2.75, 3.05) is 13.3 Å². The third kappa shape index (κ3) is 3.99. The van der Waals surface area contributed by atoms with E-state index in [9.17, 15) is 9.18 Å². The molecule has 0 spiro atoms. The lowest BCUT2D eigenvalue weighted by Gasteiger charge is -2.18. The minimum Gasteiger partial charge on any atom is -0.336 e. The van der Waals surface area contributed by atoms with Crippen LogP contribution in [0.3, 0.4) is 0 Å². The first kappa shape index (κ1) is 19.9. The molecule has 1 amide bonds. The van der Waals surface area contributed by atoms with Gasteiger partial charge >= 0.3 is 0 Å². The molecule has 0 N–H and O–H groups in total. The van der Waals surface area contributed by atoms with Gasteiger partial charge < -0.3 is 4.90 Å². The fourth-order valence-electron chi connectivity index (χ4n) is 3.17. The Hall–Kier alpha value is -3.39. The van der Waals surface area contributed by atoms with Crippen LogP contribution in [-0.2, 0) is 6.54 Å². The van der Waals surface area contributed by atoms with E-state index in [4.69, 9.17) is 0 Å². The maximum absolute atomic E-state index is 13.4. The van der Waals surface area contributed by atoms with E-state index >= 15 is 0 Å². The summed E-state index contributed by atoms with van der Waals surface area (Å²) in [6, 6.07) is 15.8. The number of para-hydroxylation sites is 1. The zero-order chi connectivity index (χ0) is 21.1. The normalized spacial score (nSPS) is 10.9. The number of rotatable bonds is 6. The van der Waals surface area contributed by atoms with Crippen molar-refractivity contribution in [2.24, 2.45) is 0 Å². The number of halogens is 1. The van der Waals surface area contributed by atoms with Crippen molar-refractivity contribution in [1.82, 2.24) is 24.2 Å². The Morgan fingerprint density at radius 1 is 1.07 bits per heavy atom. The third-order valence-corrected chi connectivity index (χ3v) is 5.29. The second-order valence-electron chi connectivity index (χ2n) is 6.73. The van der Waals surface area contributed by atoms with E-state index in [0.29, 0.717) is 23.1 Å². The van der Waals surface area contributed by atoms with Crippen LogP contribution in [0.25, 0.3) is 11.4 Å². The molecule has 0 saturated carbocycles. The molecule has 30 heavy (non-hydrogen) atoms. The number of thioether (sulfide) groups is 1. The summed E-state index contributed by atoms with van der Waals surface area (Å²) in [7, 11) is 1.74. The molecule has 0 atom stereocenters. The largest absolute Gasteiger partial charge is 0.336 e. The number of nitrogens with zero attached hydrogens (tertiary/aromatic N) is 5. The Morgan fingerprint density at radius 3 is 2.50 bits per heavy atom. The molecule has 4 aromatic rings. The molecule has 2 aromatic heterocycles. The average Bonchev–Trinajstić information content (AvgIpc) is 3.41. The molecule has 0 aliphatic carbocycles. The molecule has 0 unspecified atom stereocenters. The first-order valence-corrected chi connectivity index (χ1v) is 10.5. The summed E-state index contributed by atoms with van der Waals surface area (Å²) in [5.74, 6) is -0.510. The van der Waals surface area contributed by atoms with Crippen LogP contribution in [0.15, 0.2) is 78.3 Å². The van der Waals surface area contributed by atoms with E-state index in [2.05, 4.69) is 10.1 Å². The standard InChI is InChI=1S/C22H20FN5OS/c1-26(14-16-12-25-27(15-16)18-6-4-3-5-7-18)21(29)20-13-24-22(30-2)28(20)19-10-8-17(23)9-11-19/h3-13,15H,14H2,1-2H3. The van der Waals surface area contributed by atoms with Crippen LogP contribution in [0.2, 0.25) is 0 Å². The topological polar surface area (TPSA) is 56.0 Å². The molecule has 0 saturated heterocycles. The molecule has 0 radical (unpaired) electrons. The highest BCUT2D eigenvalue weighted by atomic mass is 32.2. The number of carbonyl (C=O) groups is 1. The highest BCUT2D eigenvalue weighted by Gasteiger charge is 2.21. The number of carbonyl (C=O) groups excluding carboxylic acids is 1. The second-order valence-corrected chi connectivity index (χ2v) is 7.51. The molecule has 0 bridgehead atoms. The molecule has 152 valence electrons. The summed E-state index contributed by atoms with van der Waals surface area (Å²) in [4.78, 5) is 19.1. The maximum atomic E-state index is 13.4. The predicted molar refractivity (Wildman–Crippen MR) is 115 cm³/mol. The Kier molecular flexibility index (Phi) is 5.67. The van der Waals surface area contributed by atoms with Crippen LogP contribution >= 0.6 is 11.8 Å². The van der Waals surface area contributed by atoms with Crippen LogP contribution < -0.4 is 0 Å². The van der Waals surface area contributed by atoms with Crippen molar-refractivity contribution in [3.05, 3.63) is 90.3 Å². The van der Waals surface area contributed by atoms with Gasteiger partial charge in [0.25, 0.3) is 5.91 Å². The van der Waals surface area contributed by atoms with E-state index in [1.165, 1.54) is 23.9 Å². The van der Waals surface area contributed by atoms with Crippen molar-refractivity contribution in [3.8, 4) is 11.4 Å². The van der Waals surface area contributed by atoms with Crippen molar-refractivity contribution in [1.29, 1.82) is 0 Å². The van der Waals surface area contributed by atoms with E-state index in [1.54, 1.807) is 45.7 Å². The second kappa shape index (κ2) is 8.54. The van der Waals surface area contributed by atoms with Gasteiger partial charge in [0.15, 0.2) is 5.16 Å². The van der Waals surface area contributed by atoms with Crippen LogP contribution in [-0.4, -0.2) is 43.4 Å². The zero-order valence-electron chi connectivity index (χ0n) is 16.6. The first-order valence-electron chi connectivity index (χ1n) is 9.29. The van der Waals surface area contributed by atoms with Gasteiger partial charge in [0, 0.05) is 31.0 Å². The van der Waals surface area contributed by atoms with Gasteiger partial charge in [-0.25, -0.2) is 14.1 Å². The fraction of sp³-hybridized carbons (Fsp3) is 0.136. The van der Waals surface area contributed by atoms with Crippen molar-refractivity contribution >= 4 is 17.7 Å². The van der Waals surface area contributed by atoms with Crippen LogP contribution in [0.5, 0.6) is 0 Å². The fourth-order valence-corrected chi connectivity index (χ4v) is 3.72. The highest BCUT2D eigenvalue weighted by Crippen LogP contribution is 2.23. The number of benzene rings is 2. The van der Waals surface area contributed by atoms with Crippen LogP contribution in [0.4, 0.5) is 4.39 Å². The summed E-state index contributed by atoms with van der Waals surface area (Å²) in [6.45, 7) is 0.398. The summed E-state index contributed by atoms with van der Waals surface area (Å²) >= 11 is 1.42. The number of hydrogen-bond acceptors (Lipinski definition) is 4. The predicted octanol–water partition coefficient (Wildman–Crippen LogP) is 4.19. The lowest BCUT2D eigenvalue weighted by molar-refractivity contribution is 0.0776. The van der Waals surface area contributed by atoms with Gasteiger partial charge in [0.2, 0.25) is 0 Å². The number of hydrogen-bond donors (Lipinski definition) is 0. The van der Waals surface area contributed by atoms with Crippen LogP contribution in [0, 0.1) is 5.82 Å². The van der Waals surface area contributed by atoms with E-state index in [0.717, 1.165) is 11.3 Å². The molecule has 6 nitrogen and oxygen atoms in total. The zero-order valence-corrected chi connectivity index (χ0v) is 17.4. The van der Waals surface area contributed by atoms with Gasteiger partial charge in [-0.05, 0) is 42.7 Å². The highest BCUT2D eigenvalue weighted by molar-refractivity contribution is 7.98. The van der Waals surface area contributed by atoms with Gasteiger partial charge in [0.05, 0.1) is 18.1 Å². The number of aromatic nitrogens is 4. The maximum Gasteiger partial charge on any atom is 0.272 e. The van der Waals surface area contributed by atoms with Gasteiger partial charge in [-0.1, -0.05) is 30.0 Å². The van der Waals surface area contributed by atoms with Crippen molar-refractivity contribution in [3.63, 3.8) is 0 Å². The Labute approximate surface area is 178 Å². The van der Waals surface area contributed by atoms with E-state index in [-0.39, 0.29) is 11.7 Å². The first-order chi connectivity index (χ1) is 14.6. The lowest BCUT2D eigenvalue weighted by Crippen LogP contribution is -2.28. The van der Waals surface area contributed by atoms with E-state index in [1.807, 2.05) is 42.8 Å². The SMILES string of the molecule is CSc1ncc(C(=O)N(C)Cc2cnn(-c3ccccc3)c2)n1-c1ccc(F)cc1. The summed E-state index contributed by atoms with van der Waals surface area (Å²) in [6.07, 6.45) is 7.10. The quantitative estimate of drug-likeness (QED) is 0.438. The molecule has 4 rings (SSSR count). The number of imidazole rings is 1. The van der Waals surface area contributed by atoms with Gasteiger partial charge in [-0.15, -0.1) is 0 Å². The molecule has 2 aromatic carbocycles. The smallest absolute Gasteiger partial charge is 0.272 e. The Morgan fingerprint density at radius 2 is 1.80 bits per heavy atom. The minimum atomic E-state index is -0.329. The molecule has 0 fully saturated rings. The molecular formula is C22H20FN5OS. The minimum absolute atomic E-state index is 0.181. The van der Waals surface area contributed by atoms with Gasteiger partial charge in [-0.2, -0.15) is 5.10 Å². The van der Waals surface area contributed by atoms with E-state index < -0.39 is 0 Å². The molecular weight excluding hydrogens is 401 g/mol. The molecule has 2 heterocycles. The number of amides is 1. The third-order valence-electron chi connectivity index (χ3n) is 4.64. The lowest BCUT2D eigenvalue weighted by atomic mass is 10.2. The Bertz CT molecular complexity index is 1150. The average molecular weight is 422 g/mol. The van der Waals surface area contributed by atoms with Gasteiger partial charge in [-0.3, -0.25) is 9.36 Å². The summed E-state index contributed by atoms with van der Waals surface area (Å²) in [5.41, 5.74) is 2.97. The monoisotopic (exact) mass is 421 g/mol. The van der Waals surface area contributed by atoms with Crippen molar-refractivity contribution in [2.45, 2.75) is 11.7 Å². The Balaban J connectivity index is 1.57. The molecule has 0 aliphatic heterocycles. The summed E-state index contributed by atoms with van der Waals surface area (Å²) in [5, 5.41) is 5.05. The van der Waals surface area contributed by atoms with Crippen molar-refractivity contribution < 1.29 is 9.18 Å². The summed E-state index contributed by atoms with van der Waals surface area (Å²) < 4.78 is 16.9. The van der Waals surface area contributed by atoms with Gasteiger partial charge in [0.1, 0.15) is 11.5 Å². The van der Waals surface area contributed by atoms with Crippen LogP contribution in [0.1, 0.15) is 16.1 Å². The molecule has 8 heteroatoms. The molecule has 0 aliphatic rings.